The number of carbonyl (C=O) groups excluding carboxylic acids is 1. The first-order valence-electron chi connectivity index (χ1n) is 8.92. The van der Waals surface area contributed by atoms with Gasteiger partial charge in [-0.1, -0.05) is 24.3 Å². The van der Waals surface area contributed by atoms with E-state index in [2.05, 4.69) is 5.32 Å². The Morgan fingerprint density at radius 2 is 1.66 bits per heavy atom. The molecule has 1 amide bonds. The van der Waals surface area contributed by atoms with Gasteiger partial charge in [-0.25, -0.2) is 12.8 Å². The highest BCUT2D eigenvalue weighted by Crippen LogP contribution is 2.25. The molecule has 0 aliphatic heterocycles. The SMILES string of the molecule is Cc1ccc(NC(=O)c2cccc(S(=O)(=O)N(C)c3ccccc3F)c2)cc1C. The van der Waals surface area contributed by atoms with Gasteiger partial charge in [-0.3, -0.25) is 9.10 Å². The molecule has 0 aliphatic carbocycles. The zero-order valence-corrected chi connectivity index (χ0v) is 17.1. The van der Waals surface area contributed by atoms with Crippen LogP contribution in [0.2, 0.25) is 0 Å². The maximum atomic E-state index is 14.0. The first-order valence-corrected chi connectivity index (χ1v) is 10.4. The standard InChI is InChI=1S/C22H21FN2O3S/c1-15-11-12-18(13-16(15)2)24-22(26)17-7-6-8-19(14-17)29(27,28)25(3)21-10-5-4-9-20(21)23/h4-14H,1-3H3,(H,24,26). The van der Waals surface area contributed by atoms with E-state index >= 15 is 0 Å². The Morgan fingerprint density at radius 3 is 2.34 bits per heavy atom. The summed E-state index contributed by atoms with van der Waals surface area (Å²) in [5, 5.41) is 2.77. The number of para-hydroxylation sites is 1. The fraction of sp³-hybridized carbons (Fsp3) is 0.136. The number of sulfonamides is 1. The number of nitrogens with zero attached hydrogens (tertiary/aromatic N) is 1. The summed E-state index contributed by atoms with van der Waals surface area (Å²) in [5.74, 6) is -1.08. The minimum atomic E-state index is -4.04. The fourth-order valence-corrected chi connectivity index (χ4v) is 4.06. The van der Waals surface area contributed by atoms with E-state index in [1.165, 1.54) is 49.5 Å². The number of rotatable bonds is 5. The van der Waals surface area contributed by atoms with Crippen LogP contribution >= 0.6 is 0 Å². The number of aryl methyl sites for hydroxylation is 2. The second-order valence-corrected chi connectivity index (χ2v) is 8.67. The topological polar surface area (TPSA) is 66.5 Å². The number of hydrogen-bond acceptors (Lipinski definition) is 3. The first-order chi connectivity index (χ1) is 13.7. The summed E-state index contributed by atoms with van der Waals surface area (Å²) < 4.78 is 40.7. The summed E-state index contributed by atoms with van der Waals surface area (Å²) in [7, 11) is -2.77. The van der Waals surface area contributed by atoms with Gasteiger partial charge in [-0.05, 0) is 67.4 Å². The summed E-state index contributed by atoms with van der Waals surface area (Å²) >= 11 is 0. The molecule has 0 unspecified atom stereocenters. The number of benzene rings is 3. The van der Waals surface area contributed by atoms with E-state index in [0.717, 1.165) is 15.4 Å². The Hall–Kier alpha value is -3.19. The zero-order valence-electron chi connectivity index (χ0n) is 16.3. The van der Waals surface area contributed by atoms with E-state index in [4.69, 9.17) is 0 Å². The van der Waals surface area contributed by atoms with Crippen LogP contribution in [0.25, 0.3) is 0 Å². The van der Waals surface area contributed by atoms with Gasteiger partial charge in [-0.15, -0.1) is 0 Å². The van der Waals surface area contributed by atoms with Crippen LogP contribution in [0.3, 0.4) is 0 Å². The molecule has 0 saturated heterocycles. The molecule has 0 aromatic heterocycles. The largest absolute Gasteiger partial charge is 0.322 e. The monoisotopic (exact) mass is 412 g/mol. The lowest BCUT2D eigenvalue weighted by atomic mass is 10.1. The Balaban J connectivity index is 1.89. The summed E-state index contributed by atoms with van der Waals surface area (Å²) in [4.78, 5) is 12.5. The van der Waals surface area contributed by atoms with E-state index in [1.54, 1.807) is 12.1 Å². The van der Waals surface area contributed by atoms with Crippen LogP contribution < -0.4 is 9.62 Å². The Bertz CT molecular complexity index is 1180. The van der Waals surface area contributed by atoms with Crippen molar-refractivity contribution < 1.29 is 17.6 Å². The van der Waals surface area contributed by atoms with E-state index in [9.17, 15) is 17.6 Å². The van der Waals surface area contributed by atoms with Crippen LogP contribution in [0.15, 0.2) is 71.6 Å². The van der Waals surface area contributed by atoms with Crippen LogP contribution in [-0.4, -0.2) is 21.4 Å². The van der Waals surface area contributed by atoms with Gasteiger partial charge in [0.2, 0.25) is 0 Å². The number of anilines is 2. The molecule has 0 spiro atoms. The number of carbonyl (C=O) groups is 1. The fourth-order valence-electron chi connectivity index (χ4n) is 2.81. The number of nitrogens with one attached hydrogen (secondary N) is 1. The molecule has 0 heterocycles. The van der Waals surface area contributed by atoms with Crippen LogP contribution in [0.5, 0.6) is 0 Å². The molecule has 0 aliphatic rings. The molecular formula is C22H21FN2O3S. The van der Waals surface area contributed by atoms with Crippen molar-refractivity contribution in [3.8, 4) is 0 Å². The molecule has 0 fully saturated rings. The van der Waals surface area contributed by atoms with Gasteiger partial charge in [0.25, 0.3) is 15.9 Å². The van der Waals surface area contributed by atoms with Crippen molar-refractivity contribution in [2.45, 2.75) is 18.7 Å². The maximum absolute atomic E-state index is 14.0. The van der Waals surface area contributed by atoms with E-state index in [-0.39, 0.29) is 16.1 Å². The molecule has 29 heavy (non-hydrogen) atoms. The first kappa shape index (κ1) is 20.5. The molecule has 1 N–H and O–H groups in total. The maximum Gasteiger partial charge on any atom is 0.264 e. The summed E-state index contributed by atoms with van der Waals surface area (Å²) in [6, 6.07) is 16.8. The van der Waals surface area contributed by atoms with Gasteiger partial charge in [0.1, 0.15) is 5.82 Å². The lowest BCUT2D eigenvalue weighted by Gasteiger charge is -2.20. The molecule has 0 atom stereocenters. The van der Waals surface area contributed by atoms with Gasteiger partial charge in [0.15, 0.2) is 0 Å². The van der Waals surface area contributed by atoms with E-state index in [0.29, 0.717) is 5.69 Å². The summed E-state index contributed by atoms with van der Waals surface area (Å²) in [6.07, 6.45) is 0. The van der Waals surface area contributed by atoms with Crippen LogP contribution in [-0.2, 0) is 10.0 Å². The molecular weight excluding hydrogens is 391 g/mol. The van der Waals surface area contributed by atoms with Gasteiger partial charge < -0.3 is 5.32 Å². The minimum absolute atomic E-state index is 0.0718. The number of amides is 1. The smallest absolute Gasteiger partial charge is 0.264 e. The predicted octanol–water partition coefficient (Wildman–Crippen LogP) is 4.52. The lowest BCUT2D eigenvalue weighted by molar-refractivity contribution is 0.102. The minimum Gasteiger partial charge on any atom is -0.322 e. The third kappa shape index (κ3) is 4.30. The Morgan fingerprint density at radius 1 is 0.931 bits per heavy atom. The molecule has 7 heteroatoms. The third-order valence-electron chi connectivity index (χ3n) is 4.71. The van der Waals surface area contributed by atoms with E-state index in [1.807, 2.05) is 26.0 Å². The van der Waals surface area contributed by atoms with Gasteiger partial charge in [0.05, 0.1) is 10.6 Å². The third-order valence-corrected chi connectivity index (χ3v) is 6.48. The van der Waals surface area contributed by atoms with Crippen molar-refractivity contribution in [2.75, 3.05) is 16.7 Å². The number of hydrogen-bond donors (Lipinski definition) is 1. The van der Waals surface area contributed by atoms with Crippen molar-refractivity contribution in [3.63, 3.8) is 0 Å². The normalized spacial score (nSPS) is 11.2. The lowest BCUT2D eigenvalue weighted by Crippen LogP contribution is -2.27. The van der Waals surface area contributed by atoms with Crippen molar-refractivity contribution in [1.82, 2.24) is 0 Å². The summed E-state index contributed by atoms with van der Waals surface area (Å²) in [6.45, 7) is 3.91. The highest BCUT2D eigenvalue weighted by atomic mass is 32.2. The predicted molar refractivity (Wildman–Crippen MR) is 112 cm³/mol. The van der Waals surface area contributed by atoms with Crippen molar-refractivity contribution >= 4 is 27.3 Å². The van der Waals surface area contributed by atoms with Crippen LogP contribution in [0.4, 0.5) is 15.8 Å². The zero-order chi connectivity index (χ0) is 21.2. The van der Waals surface area contributed by atoms with Crippen molar-refractivity contribution in [3.05, 3.63) is 89.2 Å². The molecule has 0 saturated carbocycles. The average Bonchev–Trinajstić information content (AvgIpc) is 2.70. The molecule has 0 bridgehead atoms. The molecule has 5 nitrogen and oxygen atoms in total. The molecule has 3 aromatic rings. The average molecular weight is 412 g/mol. The molecule has 3 rings (SSSR count). The van der Waals surface area contributed by atoms with Crippen molar-refractivity contribution in [1.29, 1.82) is 0 Å². The molecule has 0 radical (unpaired) electrons. The second kappa shape index (κ2) is 8.05. The van der Waals surface area contributed by atoms with Crippen LogP contribution in [0, 0.1) is 19.7 Å². The Labute approximate surface area is 169 Å². The van der Waals surface area contributed by atoms with Gasteiger partial charge >= 0.3 is 0 Å². The second-order valence-electron chi connectivity index (χ2n) is 6.70. The molecule has 3 aromatic carbocycles. The van der Waals surface area contributed by atoms with Gasteiger partial charge in [0, 0.05) is 18.3 Å². The molecule has 150 valence electrons. The quantitative estimate of drug-likeness (QED) is 0.670. The highest BCUT2D eigenvalue weighted by molar-refractivity contribution is 7.92. The highest BCUT2D eigenvalue weighted by Gasteiger charge is 2.24. The van der Waals surface area contributed by atoms with E-state index < -0.39 is 21.7 Å². The number of halogens is 1. The summed E-state index contributed by atoms with van der Waals surface area (Å²) in [5.41, 5.74) is 2.87. The van der Waals surface area contributed by atoms with Gasteiger partial charge in [-0.2, -0.15) is 0 Å². The Kier molecular flexibility index (Phi) is 5.70. The van der Waals surface area contributed by atoms with Crippen molar-refractivity contribution in [2.24, 2.45) is 0 Å². The van der Waals surface area contributed by atoms with Crippen LogP contribution in [0.1, 0.15) is 21.5 Å².